The van der Waals surface area contributed by atoms with Gasteiger partial charge in [-0.1, -0.05) is 61.5 Å². The molecule has 1 nitrogen and oxygen atoms in total. The zero-order valence-corrected chi connectivity index (χ0v) is 13.9. The molecule has 0 radical (unpaired) electrons. The van der Waals surface area contributed by atoms with Crippen molar-refractivity contribution in [1.82, 2.24) is 0 Å². The summed E-state index contributed by atoms with van der Waals surface area (Å²) < 4.78 is 5.44. The maximum Gasteiger partial charge on any atom is 0.134 e. The average molecular weight is 262 g/mol. The first-order valence-corrected chi connectivity index (χ1v) is 7.61. The van der Waals surface area contributed by atoms with Crippen molar-refractivity contribution >= 4 is 11.0 Å². The number of benzene rings is 1. The van der Waals surface area contributed by atoms with Crippen molar-refractivity contribution in [1.29, 1.82) is 0 Å². The van der Waals surface area contributed by atoms with E-state index in [1.54, 1.807) is 6.26 Å². The van der Waals surface area contributed by atoms with Crippen molar-refractivity contribution in [2.45, 2.75) is 67.2 Å². The van der Waals surface area contributed by atoms with E-state index < -0.39 is 0 Å². The van der Waals surface area contributed by atoms with Crippen molar-refractivity contribution in [3.8, 4) is 0 Å². The fraction of sp³-hybridized carbons (Fsp3) is 0.556. The Morgan fingerprint density at radius 1 is 0.789 bits per heavy atom. The van der Waals surface area contributed by atoms with Crippen LogP contribution in [0.1, 0.15) is 78.4 Å². The summed E-state index contributed by atoms with van der Waals surface area (Å²) in [6.07, 6.45) is 1.78. The lowest BCUT2D eigenvalue weighted by Gasteiger charge is -2.16. The van der Waals surface area contributed by atoms with Crippen LogP contribution in [0.4, 0.5) is 0 Å². The minimum absolute atomic E-state index is 0.545. The summed E-state index contributed by atoms with van der Waals surface area (Å²) in [7, 11) is 0. The lowest BCUT2D eigenvalue weighted by Crippen LogP contribution is -1.98. The maximum atomic E-state index is 5.44. The number of hydrogen-bond donors (Lipinski definition) is 0. The van der Waals surface area contributed by atoms with E-state index in [4.69, 9.17) is 4.42 Å². The monoisotopic (exact) mass is 262 g/mol. The number of rotatable bonds is 2. The standard InChI is InChI=1S/C14H18O.2C2H6/c1-9(2)11-5-6-13-12(7-8-15-13)14(11)10(3)4;2*1-2/h5-10H,1-4H3;2*1-2H3. The highest BCUT2D eigenvalue weighted by Crippen LogP contribution is 2.33. The maximum absolute atomic E-state index is 5.44. The normalized spacial score (nSPS) is 10.0. The van der Waals surface area contributed by atoms with Gasteiger partial charge >= 0.3 is 0 Å². The van der Waals surface area contributed by atoms with E-state index in [-0.39, 0.29) is 0 Å². The Balaban J connectivity index is 0.000000741. The fourth-order valence-corrected chi connectivity index (χ4v) is 2.23. The Morgan fingerprint density at radius 3 is 1.84 bits per heavy atom. The molecule has 0 saturated carbocycles. The van der Waals surface area contributed by atoms with Crippen molar-refractivity contribution in [3.05, 3.63) is 35.6 Å². The third-order valence-corrected chi connectivity index (χ3v) is 2.91. The van der Waals surface area contributed by atoms with E-state index in [0.717, 1.165) is 5.58 Å². The molecule has 1 heterocycles. The Hall–Kier alpha value is -1.24. The van der Waals surface area contributed by atoms with Crippen LogP contribution in [0.15, 0.2) is 28.9 Å². The molecular formula is C18H30O. The van der Waals surface area contributed by atoms with E-state index >= 15 is 0 Å². The number of fused-ring (bicyclic) bond motifs is 1. The molecule has 2 aromatic rings. The SMILES string of the molecule is CC.CC.CC(C)c1ccc2occc2c1C(C)C. The molecule has 0 amide bonds. The summed E-state index contributed by atoms with van der Waals surface area (Å²) in [6, 6.07) is 6.36. The molecule has 108 valence electrons. The first-order chi connectivity index (χ1) is 9.11. The smallest absolute Gasteiger partial charge is 0.134 e. The summed E-state index contributed by atoms with van der Waals surface area (Å²) in [5, 5.41) is 1.27. The topological polar surface area (TPSA) is 13.1 Å². The molecule has 0 spiro atoms. The molecule has 1 aromatic carbocycles. The highest BCUT2D eigenvalue weighted by molar-refractivity contribution is 5.83. The predicted octanol–water partition coefficient (Wildman–Crippen LogP) is 6.73. The predicted molar refractivity (Wildman–Crippen MR) is 87.1 cm³/mol. The fourth-order valence-electron chi connectivity index (χ4n) is 2.23. The Labute approximate surface area is 119 Å². The molecule has 0 aliphatic heterocycles. The van der Waals surface area contributed by atoms with Gasteiger partial charge in [0.15, 0.2) is 0 Å². The molecule has 1 aromatic heterocycles. The van der Waals surface area contributed by atoms with Crippen LogP contribution in [0.5, 0.6) is 0 Å². The molecular weight excluding hydrogens is 232 g/mol. The van der Waals surface area contributed by atoms with Gasteiger partial charge in [-0.05, 0) is 35.1 Å². The number of hydrogen-bond acceptors (Lipinski definition) is 1. The first kappa shape index (κ1) is 17.8. The van der Waals surface area contributed by atoms with Crippen LogP contribution in [0, 0.1) is 0 Å². The summed E-state index contributed by atoms with van der Waals surface area (Å²) in [5.41, 5.74) is 3.89. The quantitative estimate of drug-likeness (QED) is 0.584. The molecule has 0 saturated heterocycles. The molecule has 19 heavy (non-hydrogen) atoms. The second-order valence-electron chi connectivity index (χ2n) is 4.71. The third-order valence-electron chi connectivity index (χ3n) is 2.91. The largest absolute Gasteiger partial charge is 0.464 e. The van der Waals surface area contributed by atoms with Crippen LogP contribution >= 0.6 is 0 Å². The molecule has 0 aliphatic carbocycles. The van der Waals surface area contributed by atoms with Gasteiger partial charge in [-0.25, -0.2) is 0 Å². The lowest BCUT2D eigenvalue weighted by atomic mass is 9.88. The second kappa shape index (κ2) is 8.79. The molecule has 0 atom stereocenters. The average Bonchev–Trinajstić information content (AvgIpc) is 2.89. The van der Waals surface area contributed by atoms with E-state index in [9.17, 15) is 0 Å². The van der Waals surface area contributed by atoms with Gasteiger partial charge in [0.1, 0.15) is 5.58 Å². The zero-order chi connectivity index (χ0) is 15.0. The summed E-state index contributed by atoms with van der Waals surface area (Å²) in [6.45, 7) is 17.0. The highest BCUT2D eigenvalue weighted by atomic mass is 16.3. The molecule has 0 unspecified atom stereocenters. The van der Waals surface area contributed by atoms with Crippen molar-refractivity contribution in [2.24, 2.45) is 0 Å². The van der Waals surface area contributed by atoms with Gasteiger partial charge in [0.25, 0.3) is 0 Å². The third kappa shape index (κ3) is 4.12. The van der Waals surface area contributed by atoms with Gasteiger partial charge in [-0.3, -0.25) is 0 Å². The zero-order valence-electron chi connectivity index (χ0n) is 13.9. The van der Waals surface area contributed by atoms with Crippen LogP contribution in [0.3, 0.4) is 0 Å². The number of furan rings is 1. The molecule has 0 aliphatic rings. The van der Waals surface area contributed by atoms with Gasteiger partial charge in [0.05, 0.1) is 6.26 Å². The van der Waals surface area contributed by atoms with Gasteiger partial charge in [-0.15, -0.1) is 0 Å². The Bertz CT molecular complexity index is 463. The van der Waals surface area contributed by atoms with Crippen LogP contribution < -0.4 is 0 Å². The van der Waals surface area contributed by atoms with E-state index in [1.807, 2.05) is 27.7 Å². The minimum Gasteiger partial charge on any atom is -0.464 e. The minimum atomic E-state index is 0.545. The highest BCUT2D eigenvalue weighted by Gasteiger charge is 2.14. The van der Waals surface area contributed by atoms with Crippen molar-refractivity contribution < 1.29 is 4.42 Å². The Morgan fingerprint density at radius 2 is 1.37 bits per heavy atom. The van der Waals surface area contributed by atoms with Gasteiger partial charge in [-0.2, -0.15) is 0 Å². The van der Waals surface area contributed by atoms with Crippen LogP contribution in [0.2, 0.25) is 0 Å². The van der Waals surface area contributed by atoms with Crippen LogP contribution in [-0.2, 0) is 0 Å². The van der Waals surface area contributed by atoms with E-state index in [2.05, 4.69) is 45.9 Å². The van der Waals surface area contributed by atoms with Gasteiger partial charge < -0.3 is 4.42 Å². The molecule has 1 heteroatoms. The van der Waals surface area contributed by atoms with Crippen LogP contribution in [0.25, 0.3) is 11.0 Å². The lowest BCUT2D eigenvalue weighted by molar-refractivity contribution is 0.615. The van der Waals surface area contributed by atoms with E-state index in [1.165, 1.54) is 16.5 Å². The Kier molecular flexibility index (Phi) is 8.22. The van der Waals surface area contributed by atoms with Gasteiger partial charge in [0, 0.05) is 5.39 Å². The summed E-state index contributed by atoms with van der Waals surface area (Å²) in [4.78, 5) is 0. The summed E-state index contributed by atoms with van der Waals surface area (Å²) >= 11 is 0. The molecule has 0 N–H and O–H groups in total. The molecule has 0 bridgehead atoms. The van der Waals surface area contributed by atoms with Crippen LogP contribution in [-0.4, -0.2) is 0 Å². The first-order valence-electron chi connectivity index (χ1n) is 7.61. The van der Waals surface area contributed by atoms with Crippen molar-refractivity contribution in [3.63, 3.8) is 0 Å². The molecule has 0 fully saturated rings. The second-order valence-corrected chi connectivity index (χ2v) is 4.71. The molecule has 2 rings (SSSR count). The van der Waals surface area contributed by atoms with E-state index in [0.29, 0.717) is 11.8 Å². The van der Waals surface area contributed by atoms with Gasteiger partial charge in [0.2, 0.25) is 0 Å². The summed E-state index contributed by atoms with van der Waals surface area (Å²) in [5.74, 6) is 1.12. The van der Waals surface area contributed by atoms with Crippen molar-refractivity contribution in [2.75, 3.05) is 0 Å².